The van der Waals surface area contributed by atoms with Crippen LogP contribution in [0.3, 0.4) is 0 Å². The molecule has 1 aliphatic rings. The molecular formula is C17H25BrO. The summed E-state index contributed by atoms with van der Waals surface area (Å²) < 4.78 is 6.21. The van der Waals surface area contributed by atoms with Crippen LogP contribution in [-0.2, 0) is 0 Å². The molecule has 1 fully saturated rings. The first-order chi connectivity index (χ1) is 9.21. The predicted molar refractivity (Wildman–Crippen MR) is 85.3 cm³/mol. The van der Waals surface area contributed by atoms with Crippen LogP contribution in [0, 0.1) is 5.41 Å². The molecule has 1 saturated carbocycles. The molecule has 106 valence electrons. The topological polar surface area (TPSA) is 9.23 Å². The lowest BCUT2D eigenvalue weighted by Crippen LogP contribution is -2.27. The van der Waals surface area contributed by atoms with Gasteiger partial charge in [0.2, 0.25) is 0 Å². The molecule has 19 heavy (non-hydrogen) atoms. The van der Waals surface area contributed by atoms with Gasteiger partial charge in [-0.1, -0.05) is 60.8 Å². The molecular weight excluding hydrogens is 300 g/mol. The molecule has 0 saturated heterocycles. The summed E-state index contributed by atoms with van der Waals surface area (Å²) in [5, 5.41) is 1.06. The normalized spacial score (nSPS) is 19.3. The van der Waals surface area contributed by atoms with Crippen molar-refractivity contribution < 1.29 is 4.74 Å². The fourth-order valence-corrected chi connectivity index (χ4v) is 3.63. The van der Waals surface area contributed by atoms with E-state index in [4.69, 9.17) is 4.74 Å². The Morgan fingerprint density at radius 2 is 1.95 bits per heavy atom. The Morgan fingerprint density at radius 3 is 2.58 bits per heavy atom. The smallest absolute Gasteiger partial charge is 0.122 e. The molecule has 0 amide bonds. The van der Waals surface area contributed by atoms with Crippen LogP contribution in [0.4, 0.5) is 0 Å². The van der Waals surface area contributed by atoms with E-state index in [9.17, 15) is 0 Å². The van der Waals surface area contributed by atoms with Crippen LogP contribution in [0.1, 0.15) is 57.4 Å². The second-order valence-electron chi connectivity index (χ2n) is 5.98. The van der Waals surface area contributed by atoms with Gasteiger partial charge in [-0.2, -0.15) is 0 Å². The van der Waals surface area contributed by atoms with Gasteiger partial charge in [0.15, 0.2) is 0 Å². The number of benzene rings is 1. The van der Waals surface area contributed by atoms with Gasteiger partial charge in [0, 0.05) is 10.7 Å². The van der Waals surface area contributed by atoms with E-state index >= 15 is 0 Å². The van der Waals surface area contributed by atoms with Gasteiger partial charge in [0.1, 0.15) is 5.75 Å². The first kappa shape index (κ1) is 14.9. The molecule has 0 aromatic heterocycles. The van der Waals surface area contributed by atoms with Gasteiger partial charge in [0.05, 0.1) is 6.61 Å². The van der Waals surface area contributed by atoms with Gasteiger partial charge in [-0.05, 0) is 36.8 Å². The standard InChI is InChI=1S/C17H25BrO/c1-3-14(2)15-8-4-5-9-16(15)19-13-17(12-18)10-6-7-11-17/h4-5,8-9,14H,3,6-7,10-13H2,1-2H3. The van der Waals surface area contributed by atoms with Gasteiger partial charge in [0.25, 0.3) is 0 Å². The van der Waals surface area contributed by atoms with Crippen molar-refractivity contribution in [1.82, 2.24) is 0 Å². The first-order valence-electron chi connectivity index (χ1n) is 7.48. The van der Waals surface area contributed by atoms with Crippen LogP contribution in [0.2, 0.25) is 0 Å². The molecule has 2 rings (SSSR count). The maximum atomic E-state index is 6.21. The van der Waals surface area contributed by atoms with Crippen LogP contribution in [0.25, 0.3) is 0 Å². The van der Waals surface area contributed by atoms with Crippen LogP contribution < -0.4 is 4.74 Å². The summed E-state index contributed by atoms with van der Waals surface area (Å²) in [6, 6.07) is 8.53. The molecule has 0 heterocycles. The second kappa shape index (κ2) is 6.78. The molecule has 0 bridgehead atoms. The average molecular weight is 325 g/mol. The zero-order valence-electron chi connectivity index (χ0n) is 12.1. The highest BCUT2D eigenvalue weighted by Gasteiger charge is 2.33. The molecule has 1 aliphatic carbocycles. The molecule has 1 atom stereocenters. The predicted octanol–water partition coefficient (Wildman–Crippen LogP) is 5.53. The summed E-state index contributed by atoms with van der Waals surface area (Å²) >= 11 is 3.69. The number of halogens is 1. The van der Waals surface area contributed by atoms with Gasteiger partial charge in [-0.25, -0.2) is 0 Å². The SMILES string of the molecule is CCC(C)c1ccccc1OCC1(CBr)CCCC1. The summed E-state index contributed by atoms with van der Waals surface area (Å²) in [7, 11) is 0. The van der Waals surface area contributed by atoms with E-state index in [2.05, 4.69) is 54.0 Å². The van der Waals surface area contributed by atoms with Gasteiger partial charge < -0.3 is 4.74 Å². The van der Waals surface area contributed by atoms with E-state index in [1.165, 1.54) is 31.2 Å². The van der Waals surface area contributed by atoms with E-state index < -0.39 is 0 Å². The van der Waals surface area contributed by atoms with Crippen molar-refractivity contribution in [3.8, 4) is 5.75 Å². The van der Waals surface area contributed by atoms with Crippen molar-refractivity contribution >= 4 is 15.9 Å². The van der Waals surface area contributed by atoms with Crippen LogP contribution in [0.15, 0.2) is 24.3 Å². The fourth-order valence-electron chi connectivity index (χ4n) is 2.91. The third kappa shape index (κ3) is 3.53. The van der Waals surface area contributed by atoms with Gasteiger partial charge >= 0.3 is 0 Å². The highest BCUT2D eigenvalue weighted by molar-refractivity contribution is 9.09. The number of hydrogen-bond acceptors (Lipinski definition) is 1. The Kier molecular flexibility index (Phi) is 5.32. The maximum absolute atomic E-state index is 6.21. The maximum Gasteiger partial charge on any atom is 0.122 e. The van der Waals surface area contributed by atoms with E-state index in [1.54, 1.807) is 0 Å². The summed E-state index contributed by atoms with van der Waals surface area (Å²) in [5.41, 5.74) is 1.72. The number of para-hydroxylation sites is 1. The van der Waals surface area contributed by atoms with Crippen LogP contribution in [0.5, 0.6) is 5.75 Å². The molecule has 0 spiro atoms. The lowest BCUT2D eigenvalue weighted by molar-refractivity contribution is 0.172. The summed E-state index contributed by atoms with van der Waals surface area (Å²) in [5.74, 6) is 1.66. The van der Waals surface area contributed by atoms with E-state index in [0.29, 0.717) is 11.3 Å². The van der Waals surface area contributed by atoms with Crippen molar-refractivity contribution in [1.29, 1.82) is 0 Å². The first-order valence-corrected chi connectivity index (χ1v) is 8.60. The molecule has 1 aromatic carbocycles. The number of hydrogen-bond donors (Lipinski definition) is 0. The van der Waals surface area contributed by atoms with Crippen molar-refractivity contribution in [2.45, 2.75) is 51.9 Å². The van der Waals surface area contributed by atoms with Crippen molar-refractivity contribution in [3.05, 3.63) is 29.8 Å². The molecule has 1 unspecified atom stereocenters. The largest absolute Gasteiger partial charge is 0.493 e. The minimum absolute atomic E-state index is 0.364. The lowest BCUT2D eigenvalue weighted by atomic mass is 9.90. The summed E-state index contributed by atoms with van der Waals surface area (Å²) in [6.45, 7) is 5.36. The number of ether oxygens (including phenoxy) is 1. The summed E-state index contributed by atoms with van der Waals surface area (Å²) in [4.78, 5) is 0. The van der Waals surface area contributed by atoms with Crippen LogP contribution in [-0.4, -0.2) is 11.9 Å². The second-order valence-corrected chi connectivity index (χ2v) is 6.54. The Bertz CT molecular complexity index is 396. The molecule has 2 heteroatoms. The number of rotatable bonds is 6. The molecule has 0 aliphatic heterocycles. The highest BCUT2D eigenvalue weighted by atomic mass is 79.9. The van der Waals surface area contributed by atoms with E-state index in [0.717, 1.165) is 24.1 Å². The van der Waals surface area contributed by atoms with Gasteiger partial charge in [-0.3, -0.25) is 0 Å². The minimum Gasteiger partial charge on any atom is -0.493 e. The monoisotopic (exact) mass is 324 g/mol. The van der Waals surface area contributed by atoms with Crippen molar-refractivity contribution in [2.75, 3.05) is 11.9 Å². The van der Waals surface area contributed by atoms with Crippen molar-refractivity contribution in [3.63, 3.8) is 0 Å². The van der Waals surface area contributed by atoms with E-state index in [-0.39, 0.29) is 0 Å². The molecule has 0 radical (unpaired) electrons. The lowest BCUT2D eigenvalue weighted by Gasteiger charge is -2.27. The Labute approximate surface area is 125 Å². The van der Waals surface area contributed by atoms with Crippen LogP contribution >= 0.6 is 15.9 Å². The zero-order valence-corrected chi connectivity index (χ0v) is 13.7. The highest BCUT2D eigenvalue weighted by Crippen LogP contribution is 2.40. The van der Waals surface area contributed by atoms with Crippen molar-refractivity contribution in [2.24, 2.45) is 5.41 Å². The molecule has 0 N–H and O–H groups in total. The average Bonchev–Trinajstić information content (AvgIpc) is 2.94. The van der Waals surface area contributed by atoms with Gasteiger partial charge in [-0.15, -0.1) is 0 Å². The number of alkyl halides is 1. The quantitative estimate of drug-likeness (QED) is 0.625. The summed E-state index contributed by atoms with van der Waals surface area (Å²) in [6.07, 6.45) is 6.45. The van der Waals surface area contributed by atoms with E-state index in [1.807, 2.05) is 0 Å². The third-order valence-electron chi connectivity index (χ3n) is 4.54. The Morgan fingerprint density at radius 1 is 1.26 bits per heavy atom. The third-order valence-corrected chi connectivity index (χ3v) is 5.73. The Balaban J connectivity index is 2.06. The zero-order chi connectivity index (χ0) is 13.7. The minimum atomic E-state index is 0.364. The fraction of sp³-hybridized carbons (Fsp3) is 0.647. The Hall–Kier alpha value is -0.500. The molecule has 1 aromatic rings. The molecule has 1 nitrogen and oxygen atoms in total.